The molecule has 1 aliphatic carbocycles. The van der Waals surface area contributed by atoms with Crippen molar-refractivity contribution in [1.82, 2.24) is 0 Å². The standard InChI is InChI=1S/C12H26N2/c1-11(2)6-4-5-10(14)7-12(3,8-11)9-13/h10H,4-9,13-14H2,1-3H3. The summed E-state index contributed by atoms with van der Waals surface area (Å²) in [6.45, 7) is 7.78. The molecular formula is C12H26N2. The maximum atomic E-state index is 6.09. The van der Waals surface area contributed by atoms with Crippen LogP contribution in [-0.4, -0.2) is 12.6 Å². The van der Waals surface area contributed by atoms with Gasteiger partial charge in [0.2, 0.25) is 0 Å². The third kappa shape index (κ3) is 3.25. The number of hydrogen-bond donors (Lipinski definition) is 2. The van der Waals surface area contributed by atoms with Crippen LogP contribution < -0.4 is 11.5 Å². The summed E-state index contributed by atoms with van der Waals surface area (Å²) < 4.78 is 0. The van der Waals surface area contributed by atoms with Crippen molar-refractivity contribution in [3.8, 4) is 0 Å². The van der Waals surface area contributed by atoms with Gasteiger partial charge in [0.15, 0.2) is 0 Å². The molecule has 0 heterocycles. The van der Waals surface area contributed by atoms with E-state index in [9.17, 15) is 0 Å². The number of rotatable bonds is 1. The molecule has 0 aromatic carbocycles. The van der Waals surface area contributed by atoms with E-state index in [4.69, 9.17) is 11.5 Å². The Morgan fingerprint density at radius 1 is 1.29 bits per heavy atom. The number of hydrogen-bond acceptors (Lipinski definition) is 2. The van der Waals surface area contributed by atoms with Gasteiger partial charge in [-0.25, -0.2) is 0 Å². The highest BCUT2D eigenvalue weighted by atomic mass is 14.7. The van der Waals surface area contributed by atoms with E-state index < -0.39 is 0 Å². The quantitative estimate of drug-likeness (QED) is 0.679. The Kier molecular flexibility index (Phi) is 3.59. The fourth-order valence-corrected chi connectivity index (χ4v) is 3.05. The summed E-state index contributed by atoms with van der Waals surface area (Å²) in [5.74, 6) is 0. The van der Waals surface area contributed by atoms with Gasteiger partial charge >= 0.3 is 0 Å². The smallest absolute Gasteiger partial charge is 0.00444 e. The lowest BCUT2D eigenvalue weighted by molar-refractivity contribution is 0.128. The van der Waals surface area contributed by atoms with Crippen LogP contribution in [0.4, 0.5) is 0 Å². The van der Waals surface area contributed by atoms with Gasteiger partial charge in [-0.05, 0) is 43.1 Å². The predicted octanol–water partition coefficient (Wildman–Crippen LogP) is 2.27. The molecule has 2 nitrogen and oxygen atoms in total. The second-order valence-corrected chi connectivity index (χ2v) is 6.21. The zero-order chi connectivity index (χ0) is 10.8. The van der Waals surface area contributed by atoms with E-state index in [0.29, 0.717) is 11.5 Å². The van der Waals surface area contributed by atoms with E-state index >= 15 is 0 Å². The van der Waals surface area contributed by atoms with Crippen molar-refractivity contribution in [3.05, 3.63) is 0 Å². The van der Waals surface area contributed by atoms with Gasteiger partial charge in [0.1, 0.15) is 0 Å². The monoisotopic (exact) mass is 198 g/mol. The van der Waals surface area contributed by atoms with Crippen molar-refractivity contribution < 1.29 is 0 Å². The minimum Gasteiger partial charge on any atom is -0.330 e. The highest BCUT2D eigenvalue weighted by molar-refractivity contribution is 4.88. The second kappa shape index (κ2) is 4.19. The van der Waals surface area contributed by atoms with Crippen LogP contribution in [0.25, 0.3) is 0 Å². The molecule has 4 N–H and O–H groups in total. The molecule has 1 aliphatic rings. The third-order valence-corrected chi connectivity index (χ3v) is 3.58. The molecule has 2 unspecified atom stereocenters. The highest BCUT2D eigenvalue weighted by Gasteiger charge is 2.34. The van der Waals surface area contributed by atoms with Crippen LogP contribution in [0.3, 0.4) is 0 Å². The topological polar surface area (TPSA) is 52.0 Å². The van der Waals surface area contributed by atoms with Crippen LogP contribution in [0, 0.1) is 10.8 Å². The van der Waals surface area contributed by atoms with Crippen molar-refractivity contribution in [1.29, 1.82) is 0 Å². The van der Waals surface area contributed by atoms with E-state index in [0.717, 1.165) is 13.0 Å². The first-order chi connectivity index (χ1) is 6.37. The summed E-state index contributed by atoms with van der Waals surface area (Å²) in [7, 11) is 0. The maximum absolute atomic E-state index is 6.09. The molecule has 84 valence electrons. The number of nitrogens with two attached hydrogens (primary N) is 2. The fraction of sp³-hybridized carbons (Fsp3) is 1.00. The molecule has 1 saturated carbocycles. The van der Waals surface area contributed by atoms with Crippen molar-refractivity contribution in [2.75, 3.05) is 6.54 Å². The summed E-state index contributed by atoms with van der Waals surface area (Å²) in [4.78, 5) is 0. The molecule has 2 atom stereocenters. The summed E-state index contributed by atoms with van der Waals surface area (Å²) in [5, 5.41) is 0. The van der Waals surface area contributed by atoms with E-state index in [2.05, 4.69) is 20.8 Å². The van der Waals surface area contributed by atoms with Gasteiger partial charge in [-0.1, -0.05) is 27.2 Å². The van der Waals surface area contributed by atoms with Crippen molar-refractivity contribution >= 4 is 0 Å². The van der Waals surface area contributed by atoms with Crippen LogP contribution in [0.5, 0.6) is 0 Å². The molecule has 0 spiro atoms. The highest BCUT2D eigenvalue weighted by Crippen LogP contribution is 2.41. The van der Waals surface area contributed by atoms with Crippen LogP contribution >= 0.6 is 0 Å². The third-order valence-electron chi connectivity index (χ3n) is 3.58. The molecule has 1 fully saturated rings. The van der Waals surface area contributed by atoms with Crippen LogP contribution in [0.1, 0.15) is 52.9 Å². The molecule has 0 bridgehead atoms. The van der Waals surface area contributed by atoms with Gasteiger partial charge in [-0.2, -0.15) is 0 Å². The van der Waals surface area contributed by atoms with E-state index in [-0.39, 0.29) is 5.41 Å². The zero-order valence-electron chi connectivity index (χ0n) is 9.97. The largest absolute Gasteiger partial charge is 0.330 e. The fourth-order valence-electron chi connectivity index (χ4n) is 3.05. The Balaban J connectivity index is 2.71. The summed E-state index contributed by atoms with van der Waals surface area (Å²) in [5.41, 5.74) is 12.7. The van der Waals surface area contributed by atoms with Gasteiger partial charge < -0.3 is 11.5 Å². The summed E-state index contributed by atoms with van der Waals surface area (Å²) >= 11 is 0. The van der Waals surface area contributed by atoms with E-state index in [1.807, 2.05) is 0 Å². The van der Waals surface area contributed by atoms with Crippen molar-refractivity contribution in [2.45, 2.75) is 58.9 Å². The lowest BCUT2D eigenvalue weighted by Crippen LogP contribution is -2.40. The Morgan fingerprint density at radius 3 is 2.50 bits per heavy atom. The summed E-state index contributed by atoms with van der Waals surface area (Å²) in [6, 6.07) is 0.361. The minimum absolute atomic E-state index is 0.253. The molecule has 1 rings (SSSR count). The SMILES string of the molecule is CC1(C)CCCC(N)CC(C)(CN)C1. The van der Waals surface area contributed by atoms with E-state index in [1.165, 1.54) is 25.7 Å². The lowest BCUT2D eigenvalue weighted by atomic mass is 9.67. The van der Waals surface area contributed by atoms with Crippen LogP contribution in [0.15, 0.2) is 0 Å². The second-order valence-electron chi connectivity index (χ2n) is 6.21. The molecule has 0 amide bonds. The van der Waals surface area contributed by atoms with Gasteiger partial charge in [0.25, 0.3) is 0 Å². The first-order valence-electron chi connectivity index (χ1n) is 5.83. The van der Waals surface area contributed by atoms with Gasteiger partial charge in [-0.3, -0.25) is 0 Å². The Morgan fingerprint density at radius 2 is 1.93 bits per heavy atom. The first kappa shape index (κ1) is 12.0. The Labute approximate surface area is 88.4 Å². The maximum Gasteiger partial charge on any atom is 0.00444 e. The average Bonchev–Trinajstić information content (AvgIpc) is 2.00. The lowest BCUT2D eigenvalue weighted by Gasteiger charge is -2.41. The van der Waals surface area contributed by atoms with Gasteiger partial charge in [0, 0.05) is 6.04 Å². The molecule has 2 heteroatoms. The molecule has 14 heavy (non-hydrogen) atoms. The van der Waals surface area contributed by atoms with Gasteiger partial charge in [0.05, 0.1) is 0 Å². The molecule has 0 aromatic rings. The molecule has 0 aliphatic heterocycles. The van der Waals surface area contributed by atoms with Crippen LogP contribution in [0.2, 0.25) is 0 Å². The van der Waals surface area contributed by atoms with E-state index in [1.54, 1.807) is 0 Å². The van der Waals surface area contributed by atoms with Gasteiger partial charge in [-0.15, -0.1) is 0 Å². The molecule has 0 radical (unpaired) electrons. The van der Waals surface area contributed by atoms with Crippen molar-refractivity contribution in [2.24, 2.45) is 22.3 Å². The molecule has 0 saturated heterocycles. The minimum atomic E-state index is 0.253. The average molecular weight is 198 g/mol. The predicted molar refractivity (Wildman–Crippen MR) is 62.0 cm³/mol. The van der Waals surface area contributed by atoms with Crippen molar-refractivity contribution in [3.63, 3.8) is 0 Å². The van der Waals surface area contributed by atoms with Crippen LogP contribution in [-0.2, 0) is 0 Å². The summed E-state index contributed by atoms with van der Waals surface area (Å²) in [6.07, 6.45) is 6.03. The Bertz CT molecular complexity index is 189. The Hall–Kier alpha value is -0.0800. The first-order valence-corrected chi connectivity index (χ1v) is 5.83. The normalized spacial score (nSPS) is 38.8. The molecular weight excluding hydrogens is 172 g/mol. The molecule has 0 aromatic heterocycles. The zero-order valence-corrected chi connectivity index (χ0v) is 9.97.